The Morgan fingerprint density at radius 1 is 1.36 bits per heavy atom. The largest absolute Gasteiger partial charge is 0.471 e. The molecule has 2 rings (SSSR count). The van der Waals surface area contributed by atoms with Crippen LogP contribution in [0.3, 0.4) is 0 Å². The van der Waals surface area contributed by atoms with Crippen LogP contribution in [0.2, 0.25) is 0 Å². The van der Waals surface area contributed by atoms with Crippen molar-refractivity contribution in [3.63, 3.8) is 0 Å². The van der Waals surface area contributed by atoms with E-state index in [-0.39, 0.29) is 18.0 Å². The highest BCUT2D eigenvalue weighted by molar-refractivity contribution is 5.93. The van der Waals surface area contributed by atoms with E-state index in [2.05, 4.69) is 15.0 Å². The third-order valence-corrected chi connectivity index (χ3v) is 3.31. The molecule has 0 atom stereocenters. The molecule has 0 fully saturated rings. The topological polar surface area (TPSA) is 64.4 Å². The van der Waals surface area contributed by atoms with E-state index in [0.29, 0.717) is 5.76 Å². The smallest absolute Gasteiger partial charge is 0.340 e. The van der Waals surface area contributed by atoms with E-state index in [1.54, 1.807) is 19.9 Å². The molecule has 0 saturated heterocycles. The van der Waals surface area contributed by atoms with Gasteiger partial charge >= 0.3 is 12.3 Å². The molecule has 0 aromatic carbocycles. The molecule has 5 nitrogen and oxygen atoms in total. The molecule has 0 unspecified atom stereocenters. The molecule has 0 radical (unpaired) electrons. The maximum atomic E-state index is 12.8. The Labute approximate surface area is 141 Å². The summed E-state index contributed by atoms with van der Waals surface area (Å²) in [6.07, 6.45) is -2.72. The van der Waals surface area contributed by atoms with Gasteiger partial charge in [0, 0.05) is 24.4 Å². The summed E-state index contributed by atoms with van der Waals surface area (Å²) in [4.78, 5) is 15.7. The van der Waals surface area contributed by atoms with Gasteiger partial charge in [-0.05, 0) is 26.0 Å². The predicted molar refractivity (Wildman–Crippen MR) is 80.0 cm³/mol. The van der Waals surface area contributed by atoms with Gasteiger partial charge in [-0.15, -0.1) is 0 Å². The number of pyridine rings is 1. The van der Waals surface area contributed by atoms with Crippen LogP contribution in [0.5, 0.6) is 5.88 Å². The highest BCUT2D eigenvalue weighted by Crippen LogP contribution is 2.23. The second kappa shape index (κ2) is 7.54. The summed E-state index contributed by atoms with van der Waals surface area (Å²) in [6, 6.07) is 4.25. The van der Waals surface area contributed by atoms with Crippen LogP contribution in [0.4, 0.5) is 17.6 Å². The molecule has 9 heteroatoms. The lowest BCUT2D eigenvalue weighted by Gasteiger charge is -2.15. The fourth-order valence-electron chi connectivity index (χ4n) is 1.97. The van der Waals surface area contributed by atoms with Crippen LogP contribution >= 0.6 is 0 Å². The van der Waals surface area contributed by atoms with Crippen molar-refractivity contribution < 1.29 is 31.5 Å². The van der Waals surface area contributed by atoms with Crippen molar-refractivity contribution in [2.45, 2.75) is 32.7 Å². The van der Waals surface area contributed by atoms with Gasteiger partial charge < -0.3 is 14.5 Å². The number of rotatable bonds is 7. The van der Waals surface area contributed by atoms with E-state index in [4.69, 9.17) is 4.42 Å². The number of aromatic nitrogens is 1. The zero-order valence-corrected chi connectivity index (χ0v) is 13.5. The van der Waals surface area contributed by atoms with Crippen molar-refractivity contribution in [1.29, 1.82) is 0 Å². The number of carbonyl (C=O) groups is 1. The van der Waals surface area contributed by atoms with E-state index < -0.39 is 24.9 Å². The third kappa shape index (κ3) is 4.94. The van der Waals surface area contributed by atoms with Crippen molar-refractivity contribution in [3.05, 3.63) is 47.0 Å². The molecule has 0 aliphatic rings. The normalized spacial score (nSPS) is 11.6. The van der Waals surface area contributed by atoms with Crippen molar-refractivity contribution >= 4 is 5.91 Å². The van der Waals surface area contributed by atoms with E-state index in [9.17, 15) is 22.4 Å². The van der Waals surface area contributed by atoms with Crippen molar-refractivity contribution in [2.75, 3.05) is 6.61 Å². The summed E-state index contributed by atoms with van der Waals surface area (Å²) in [7, 11) is 0. The fourth-order valence-corrected chi connectivity index (χ4v) is 1.97. The summed E-state index contributed by atoms with van der Waals surface area (Å²) >= 11 is 0. The first kappa shape index (κ1) is 18.8. The highest BCUT2D eigenvalue weighted by Gasteiger charge is 2.41. The van der Waals surface area contributed by atoms with Crippen LogP contribution in [-0.2, 0) is 6.54 Å². The molecular formula is C16H16F4N2O3. The fraction of sp³-hybridized carbons (Fsp3) is 0.375. The average Bonchev–Trinajstić information content (AvgIpc) is 2.88. The number of hydrogen-bond acceptors (Lipinski definition) is 4. The first-order valence-corrected chi connectivity index (χ1v) is 7.28. The number of aryl methyl sites for hydroxylation is 2. The molecule has 0 spiro atoms. The summed E-state index contributed by atoms with van der Waals surface area (Å²) in [5, 5.41) is 2.66. The lowest BCUT2D eigenvalue weighted by molar-refractivity contribution is -0.148. The summed E-state index contributed by atoms with van der Waals surface area (Å²) < 4.78 is 59.5. The Morgan fingerprint density at radius 3 is 2.60 bits per heavy atom. The van der Waals surface area contributed by atoms with Gasteiger partial charge in [0.15, 0.2) is 6.61 Å². The number of furan rings is 1. The van der Waals surface area contributed by atoms with Crippen LogP contribution in [0, 0.1) is 13.8 Å². The summed E-state index contributed by atoms with van der Waals surface area (Å²) in [6.45, 7) is 2.32. The molecule has 1 amide bonds. The number of nitrogens with zero attached hydrogens (tertiary/aromatic N) is 1. The monoisotopic (exact) mass is 360 g/mol. The second-order valence-electron chi connectivity index (χ2n) is 5.36. The number of carbonyl (C=O) groups excluding carboxylic acids is 1. The van der Waals surface area contributed by atoms with Crippen LogP contribution in [0.15, 0.2) is 28.8 Å². The number of amides is 1. The molecule has 0 saturated carbocycles. The van der Waals surface area contributed by atoms with E-state index in [1.165, 1.54) is 6.07 Å². The first-order valence-electron chi connectivity index (χ1n) is 7.28. The Hall–Kier alpha value is -2.58. The van der Waals surface area contributed by atoms with E-state index >= 15 is 0 Å². The third-order valence-electron chi connectivity index (χ3n) is 3.31. The minimum Gasteiger partial charge on any atom is -0.471 e. The van der Waals surface area contributed by atoms with Crippen molar-refractivity contribution in [1.82, 2.24) is 10.3 Å². The minimum atomic E-state index is -4.27. The molecule has 2 heterocycles. The Bertz CT molecular complexity index is 729. The van der Waals surface area contributed by atoms with Gasteiger partial charge in [0.2, 0.25) is 5.88 Å². The number of alkyl halides is 4. The molecule has 0 aliphatic carbocycles. The highest BCUT2D eigenvalue weighted by atomic mass is 19.3. The molecule has 0 bridgehead atoms. The lowest BCUT2D eigenvalue weighted by atomic mass is 10.2. The van der Waals surface area contributed by atoms with Crippen LogP contribution < -0.4 is 10.1 Å². The van der Waals surface area contributed by atoms with E-state index in [1.807, 2.05) is 0 Å². The molecule has 25 heavy (non-hydrogen) atoms. The number of halogens is 4. The second-order valence-corrected chi connectivity index (χ2v) is 5.36. The minimum absolute atomic E-state index is 0.172. The molecule has 2 aromatic heterocycles. The van der Waals surface area contributed by atoms with Crippen LogP contribution in [0.25, 0.3) is 0 Å². The number of hydrogen-bond donors (Lipinski definition) is 1. The van der Waals surface area contributed by atoms with Crippen molar-refractivity contribution in [2.24, 2.45) is 0 Å². The molecule has 136 valence electrons. The number of nitrogens with one attached hydrogen (secondary N) is 1. The Morgan fingerprint density at radius 2 is 2.08 bits per heavy atom. The zero-order valence-electron chi connectivity index (χ0n) is 13.5. The van der Waals surface area contributed by atoms with Crippen LogP contribution in [0.1, 0.15) is 27.4 Å². The van der Waals surface area contributed by atoms with Gasteiger partial charge in [0.1, 0.15) is 11.5 Å². The Balaban J connectivity index is 1.90. The zero-order chi connectivity index (χ0) is 18.6. The maximum absolute atomic E-state index is 12.8. The van der Waals surface area contributed by atoms with Gasteiger partial charge in [0.05, 0.1) is 5.56 Å². The molecule has 0 aliphatic heterocycles. The Kier molecular flexibility index (Phi) is 5.66. The van der Waals surface area contributed by atoms with Crippen LogP contribution in [-0.4, -0.2) is 29.8 Å². The SMILES string of the molecule is Cc1cc(CNC(=O)c2ccc(OCC(F)(F)C(F)F)nc2)c(C)o1. The standard InChI is InChI=1S/C16H16F4N2O3/c1-9-5-12(10(2)25-9)7-22-14(23)11-3-4-13(21-6-11)24-8-16(19,20)15(17)18/h3-6,15H,7-8H2,1-2H3,(H,22,23). The van der Waals surface area contributed by atoms with Gasteiger partial charge in [-0.3, -0.25) is 4.79 Å². The average molecular weight is 360 g/mol. The lowest BCUT2D eigenvalue weighted by Crippen LogP contribution is -2.33. The molecule has 1 N–H and O–H groups in total. The maximum Gasteiger partial charge on any atom is 0.340 e. The first-order chi connectivity index (χ1) is 11.7. The van der Waals surface area contributed by atoms with Gasteiger partial charge in [-0.2, -0.15) is 8.78 Å². The van der Waals surface area contributed by atoms with Gasteiger partial charge in [-0.1, -0.05) is 0 Å². The molecular weight excluding hydrogens is 344 g/mol. The van der Waals surface area contributed by atoms with Gasteiger partial charge in [0.25, 0.3) is 5.91 Å². The molecule has 2 aromatic rings. The van der Waals surface area contributed by atoms with Crippen molar-refractivity contribution in [3.8, 4) is 5.88 Å². The van der Waals surface area contributed by atoms with Gasteiger partial charge in [-0.25, -0.2) is 13.8 Å². The number of ether oxygens (including phenoxy) is 1. The van der Waals surface area contributed by atoms with E-state index in [0.717, 1.165) is 23.6 Å². The quantitative estimate of drug-likeness (QED) is 0.768. The summed E-state index contributed by atoms with van der Waals surface area (Å²) in [5.74, 6) is -3.56. The summed E-state index contributed by atoms with van der Waals surface area (Å²) in [5.41, 5.74) is 0.999. The predicted octanol–water partition coefficient (Wildman–Crippen LogP) is 3.50.